The lowest BCUT2D eigenvalue weighted by molar-refractivity contribution is -0.140. The molecule has 4 aromatic carbocycles. The fraction of sp³-hybridized carbons (Fsp3) is 0.257. The van der Waals surface area contributed by atoms with Crippen molar-refractivity contribution in [3.63, 3.8) is 0 Å². The summed E-state index contributed by atoms with van der Waals surface area (Å²) < 4.78 is 29.2. The minimum atomic E-state index is -4.23. The first-order chi connectivity index (χ1) is 21.7. The van der Waals surface area contributed by atoms with E-state index in [2.05, 4.69) is 5.32 Å². The Morgan fingerprint density at radius 3 is 2.09 bits per heavy atom. The van der Waals surface area contributed by atoms with Gasteiger partial charge in [-0.2, -0.15) is 0 Å². The summed E-state index contributed by atoms with van der Waals surface area (Å²) in [5.41, 5.74) is 1.74. The first-order valence-corrected chi connectivity index (χ1v) is 17.1. The van der Waals surface area contributed by atoms with Crippen LogP contribution in [0.15, 0.2) is 114 Å². The average Bonchev–Trinajstić information content (AvgIpc) is 3.56. The highest BCUT2D eigenvalue weighted by Crippen LogP contribution is 2.31. The quantitative estimate of drug-likeness (QED) is 0.179. The number of sulfonamides is 1. The van der Waals surface area contributed by atoms with Crippen LogP contribution in [0.3, 0.4) is 0 Å². The van der Waals surface area contributed by atoms with E-state index in [0.717, 1.165) is 35.6 Å². The van der Waals surface area contributed by atoms with Gasteiger partial charge in [-0.15, -0.1) is 0 Å². The fourth-order valence-electron chi connectivity index (χ4n) is 5.64. The Labute approximate surface area is 274 Å². The van der Waals surface area contributed by atoms with Gasteiger partial charge in [0.2, 0.25) is 11.8 Å². The molecule has 1 N–H and O–H groups in total. The minimum Gasteiger partial charge on any atom is -0.352 e. The summed E-state index contributed by atoms with van der Waals surface area (Å²) in [6.45, 7) is -0.541. The Morgan fingerprint density at radius 1 is 0.800 bits per heavy atom. The third-order valence-corrected chi connectivity index (χ3v) is 10.3. The number of rotatable bonds is 12. The highest BCUT2D eigenvalue weighted by atomic mass is 35.5. The Kier molecular flexibility index (Phi) is 10.8. The second-order valence-corrected chi connectivity index (χ2v) is 13.8. The lowest BCUT2D eigenvalue weighted by Gasteiger charge is -2.34. The minimum absolute atomic E-state index is 0.0129. The molecule has 10 heteroatoms. The molecular weight excluding hydrogens is 629 g/mol. The van der Waals surface area contributed by atoms with E-state index in [1.807, 2.05) is 36.4 Å². The molecule has 0 aromatic heterocycles. The van der Waals surface area contributed by atoms with Crippen LogP contribution in [0, 0.1) is 0 Å². The molecule has 0 heterocycles. The predicted octanol–water partition coefficient (Wildman–Crippen LogP) is 6.89. The van der Waals surface area contributed by atoms with E-state index in [0.29, 0.717) is 10.6 Å². The van der Waals surface area contributed by atoms with Crippen LogP contribution in [-0.4, -0.2) is 43.8 Å². The molecule has 1 fully saturated rings. The molecule has 1 aliphatic rings. The Bertz CT molecular complexity index is 1720. The monoisotopic (exact) mass is 663 g/mol. The molecule has 234 valence electrons. The molecule has 1 saturated carbocycles. The van der Waals surface area contributed by atoms with Gasteiger partial charge in [-0.05, 0) is 60.4 Å². The van der Waals surface area contributed by atoms with Gasteiger partial charge in [0.05, 0.1) is 15.6 Å². The van der Waals surface area contributed by atoms with Crippen LogP contribution in [0.1, 0.15) is 36.8 Å². The Morgan fingerprint density at radius 2 is 1.42 bits per heavy atom. The van der Waals surface area contributed by atoms with Crippen molar-refractivity contribution < 1.29 is 18.0 Å². The van der Waals surface area contributed by atoms with Crippen LogP contribution >= 0.6 is 23.2 Å². The smallest absolute Gasteiger partial charge is 0.264 e. The number of nitrogens with one attached hydrogen (secondary N) is 1. The molecule has 2 amide bonds. The van der Waals surface area contributed by atoms with Gasteiger partial charge in [-0.3, -0.25) is 13.9 Å². The maximum atomic E-state index is 14.5. The molecule has 0 spiro atoms. The molecule has 0 radical (unpaired) electrons. The van der Waals surface area contributed by atoms with Gasteiger partial charge >= 0.3 is 0 Å². The lowest BCUT2D eigenvalue weighted by Crippen LogP contribution is -2.54. The van der Waals surface area contributed by atoms with Gasteiger partial charge in [-0.1, -0.05) is 109 Å². The van der Waals surface area contributed by atoms with E-state index in [4.69, 9.17) is 23.2 Å². The van der Waals surface area contributed by atoms with Gasteiger partial charge < -0.3 is 10.2 Å². The number of nitrogens with zero attached hydrogens (tertiary/aromatic N) is 2. The first-order valence-electron chi connectivity index (χ1n) is 14.9. The van der Waals surface area contributed by atoms with E-state index in [9.17, 15) is 18.0 Å². The van der Waals surface area contributed by atoms with Gasteiger partial charge in [0.1, 0.15) is 12.6 Å². The summed E-state index contributed by atoms with van der Waals surface area (Å²) in [5, 5.41) is 3.83. The standard InChI is InChI=1S/C35H35Cl2N3O4S/c36-28-15-11-14-27(22-28)24-39(33(23-26-12-3-1-4-13-26)35(42)38-29-16-7-8-17-29)34(41)25-40(32-21-10-9-20-31(32)37)45(43,44)30-18-5-2-6-19-30/h1-6,9-15,18-22,29,33H,7-8,16-17,23-25H2,(H,38,42)/t33-/m0/s1. The molecule has 5 rings (SSSR count). The van der Waals surface area contributed by atoms with Crippen molar-refractivity contribution in [2.45, 2.75) is 55.6 Å². The van der Waals surface area contributed by atoms with E-state index in [1.54, 1.807) is 60.7 Å². The third-order valence-electron chi connectivity index (χ3n) is 7.95. The first kappa shape index (κ1) is 32.5. The van der Waals surface area contributed by atoms with E-state index >= 15 is 0 Å². The largest absolute Gasteiger partial charge is 0.352 e. The van der Waals surface area contributed by atoms with Gasteiger partial charge in [0.15, 0.2) is 0 Å². The topological polar surface area (TPSA) is 86.8 Å². The molecule has 1 aliphatic carbocycles. The zero-order valence-corrected chi connectivity index (χ0v) is 27.0. The maximum Gasteiger partial charge on any atom is 0.264 e. The van der Waals surface area contributed by atoms with Crippen molar-refractivity contribution in [3.8, 4) is 0 Å². The molecule has 7 nitrogen and oxygen atoms in total. The summed E-state index contributed by atoms with van der Waals surface area (Å²) in [6, 6.07) is 30.0. The number of carbonyl (C=O) groups is 2. The number of anilines is 1. The highest BCUT2D eigenvalue weighted by molar-refractivity contribution is 7.92. The van der Waals surface area contributed by atoms with Crippen LogP contribution < -0.4 is 9.62 Å². The average molecular weight is 665 g/mol. The van der Waals surface area contributed by atoms with E-state index in [-0.39, 0.29) is 40.5 Å². The van der Waals surface area contributed by atoms with Gasteiger partial charge in [0, 0.05) is 24.0 Å². The maximum absolute atomic E-state index is 14.5. The predicted molar refractivity (Wildman–Crippen MR) is 179 cm³/mol. The summed E-state index contributed by atoms with van der Waals surface area (Å²) in [4.78, 5) is 30.1. The molecule has 1 atom stereocenters. The number of benzene rings is 4. The number of hydrogen-bond donors (Lipinski definition) is 1. The van der Waals surface area contributed by atoms with Gasteiger partial charge in [-0.25, -0.2) is 8.42 Å². The van der Waals surface area contributed by atoms with Gasteiger partial charge in [0.25, 0.3) is 10.0 Å². The normalized spacial score (nSPS) is 14.1. The molecule has 0 unspecified atom stereocenters. The molecule has 0 aliphatic heterocycles. The molecule has 0 saturated heterocycles. The summed E-state index contributed by atoms with van der Waals surface area (Å²) in [5.74, 6) is -0.840. The zero-order valence-electron chi connectivity index (χ0n) is 24.7. The Balaban J connectivity index is 1.57. The molecule has 45 heavy (non-hydrogen) atoms. The molecule has 4 aromatic rings. The SMILES string of the molecule is O=C(NC1CCCC1)[C@H](Cc1ccccc1)N(Cc1cccc(Cl)c1)C(=O)CN(c1ccccc1Cl)S(=O)(=O)c1ccccc1. The second kappa shape index (κ2) is 15.0. The van der Waals surface area contributed by atoms with Crippen molar-refractivity contribution in [2.24, 2.45) is 0 Å². The fourth-order valence-corrected chi connectivity index (χ4v) is 7.60. The van der Waals surface area contributed by atoms with Crippen LogP contribution in [0.25, 0.3) is 0 Å². The van der Waals surface area contributed by atoms with Crippen LogP contribution in [0.5, 0.6) is 0 Å². The molecular formula is C35H35Cl2N3O4S. The summed E-state index contributed by atoms with van der Waals surface area (Å²) >= 11 is 12.8. The van der Waals surface area contributed by atoms with Crippen molar-refractivity contribution >= 4 is 50.7 Å². The van der Waals surface area contributed by atoms with Crippen molar-refractivity contribution in [3.05, 3.63) is 130 Å². The van der Waals surface area contributed by atoms with Crippen molar-refractivity contribution in [2.75, 3.05) is 10.8 Å². The zero-order chi connectivity index (χ0) is 31.8. The number of halogens is 2. The summed E-state index contributed by atoms with van der Waals surface area (Å²) in [6.07, 6.45) is 4.06. The lowest BCUT2D eigenvalue weighted by atomic mass is 10.0. The third kappa shape index (κ3) is 8.25. The van der Waals surface area contributed by atoms with E-state index in [1.165, 1.54) is 17.0 Å². The Hall–Kier alpha value is -3.85. The molecule has 0 bridgehead atoms. The van der Waals surface area contributed by atoms with Crippen molar-refractivity contribution in [1.82, 2.24) is 10.2 Å². The number of hydrogen-bond acceptors (Lipinski definition) is 4. The number of para-hydroxylation sites is 1. The van der Waals surface area contributed by atoms with Crippen LogP contribution in [-0.2, 0) is 32.6 Å². The second-order valence-electron chi connectivity index (χ2n) is 11.1. The highest BCUT2D eigenvalue weighted by Gasteiger charge is 2.36. The van der Waals surface area contributed by atoms with Crippen molar-refractivity contribution in [1.29, 1.82) is 0 Å². The number of amides is 2. The van der Waals surface area contributed by atoms with E-state index < -0.39 is 28.5 Å². The number of carbonyl (C=O) groups excluding carboxylic acids is 2. The van der Waals surface area contributed by atoms with Crippen LogP contribution in [0.2, 0.25) is 10.0 Å². The van der Waals surface area contributed by atoms with Crippen LogP contribution in [0.4, 0.5) is 5.69 Å². The summed E-state index contributed by atoms with van der Waals surface area (Å²) in [7, 11) is -4.23.